The molecule has 2 heterocycles. The van der Waals surface area contributed by atoms with Crippen LogP contribution < -0.4 is 5.32 Å². The number of esters is 1. The second-order valence-corrected chi connectivity index (χ2v) is 6.33. The number of aryl methyl sites for hydroxylation is 1. The van der Waals surface area contributed by atoms with Crippen molar-refractivity contribution >= 4 is 39.4 Å². The monoisotopic (exact) mass is 357 g/mol. The largest absolute Gasteiger partial charge is 0.449 e. The lowest BCUT2D eigenvalue weighted by Gasteiger charge is -2.15. The van der Waals surface area contributed by atoms with Crippen LogP contribution in [-0.4, -0.2) is 38.1 Å². The maximum atomic E-state index is 12.5. The van der Waals surface area contributed by atoms with E-state index in [1.165, 1.54) is 17.5 Å². The molecule has 9 heteroatoms. The summed E-state index contributed by atoms with van der Waals surface area (Å²) in [6.07, 6.45) is 2.43. The van der Waals surface area contributed by atoms with Crippen LogP contribution in [0.25, 0.3) is 11.0 Å². The first-order chi connectivity index (χ1) is 12.1. The van der Waals surface area contributed by atoms with Crippen molar-refractivity contribution in [1.82, 2.24) is 20.2 Å². The predicted molar refractivity (Wildman–Crippen MR) is 92.3 cm³/mol. The van der Waals surface area contributed by atoms with Crippen molar-refractivity contribution in [3.8, 4) is 0 Å². The number of fused-ring (bicyclic) bond motifs is 1. The third kappa shape index (κ3) is 3.77. The van der Waals surface area contributed by atoms with Gasteiger partial charge in [0, 0.05) is 12.4 Å². The van der Waals surface area contributed by atoms with Gasteiger partial charge in [-0.3, -0.25) is 20.1 Å². The predicted octanol–water partition coefficient (Wildman–Crippen LogP) is 2.36. The molecular formula is C16H15N5O3S. The van der Waals surface area contributed by atoms with Crippen LogP contribution >= 0.6 is 11.3 Å². The summed E-state index contributed by atoms with van der Waals surface area (Å²) in [6.45, 7) is 3.54. The van der Waals surface area contributed by atoms with Gasteiger partial charge in [0.2, 0.25) is 5.13 Å². The molecule has 1 amide bonds. The summed E-state index contributed by atoms with van der Waals surface area (Å²) in [4.78, 5) is 33.1. The highest BCUT2D eigenvalue weighted by atomic mass is 32.1. The Morgan fingerprint density at radius 3 is 2.76 bits per heavy atom. The number of anilines is 1. The number of hydrogen-bond donors (Lipinski definition) is 1. The number of hydrogen-bond acceptors (Lipinski definition) is 8. The van der Waals surface area contributed by atoms with Gasteiger partial charge in [0.15, 0.2) is 6.10 Å². The molecule has 8 nitrogen and oxygen atoms in total. The highest BCUT2D eigenvalue weighted by Crippen LogP contribution is 2.18. The minimum absolute atomic E-state index is 0.267. The lowest BCUT2D eigenvalue weighted by Crippen LogP contribution is -2.32. The van der Waals surface area contributed by atoms with E-state index in [1.807, 2.05) is 0 Å². The molecule has 0 fully saturated rings. The number of para-hydroxylation sites is 1. The average Bonchev–Trinajstić information content (AvgIpc) is 3.03. The van der Waals surface area contributed by atoms with Gasteiger partial charge < -0.3 is 4.74 Å². The van der Waals surface area contributed by atoms with Crippen LogP contribution in [0.5, 0.6) is 0 Å². The van der Waals surface area contributed by atoms with Gasteiger partial charge in [-0.25, -0.2) is 4.79 Å². The van der Waals surface area contributed by atoms with Crippen molar-refractivity contribution in [2.45, 2.75) is 26.4 Å². The molecule has 0 spiro atoms. The van der Waals surface area contributed by atoms with Crippen molar-refractivity contribution < 1.29 is 14.3 Å². The number of rotatable bonds is 5. The lowest BCUT2D eigenvalue weighted by atomic mass is 10.1. The van der Waals surface area contributed by atoms with Gasteiger partial charge in [0.05, 0.1) is 11.1 Å². The SMILES string of the molecule is CCC(OC(=O)c1cccc2nccnc12)C(=O)Nc1nnc(C)s1. The van der Waals surface area contributed by atoms with Crippen molar-refractivity contribution in [2.75, 3.05) is 5.32 Å². The molecule has 0 saturated carbocycles. The summed E-state index contributed by atoms with van der Waals surface area (Å²) >= 11 is 1.25. The zero-order valence-corrected chi connectivity index (χ0v) is 14.4. The molecule has 0 aliphatic rings. The topological polar surface area (TPSA) is 107 Å². The number of carbonyl (C=O) groups is 2. The van der Waals surface area contributed by atoms with Gasteiger partial charge >= 0.3 is 5.97 Å². The van der Waals surface area contributed by atoms with Crippen molar-refractivity contribution in [3.05, 3.63) is 41.2 Å². The zero-order valence-electron chi connectivity index (χ0n) is 13.6. The van der Waals surface area contributed by atoms with Crippen LogP contribution in [0.15, 0.2) is 30.6 Å². The Kier molecular flexibility index (Phi) is 4.94. The number of ether oxygens (including phenoxy) is 1. The van der Waals surface area contributed by atoms with Crippen LogP contribution in [0, 0.1) is 6.92 Å². The molecule has 3 rings (SSSR count). The van der Waals surface area contributed by atoms with E-state index in [2.05, 4.69) is 25.5 Å². The van der Waals surface area contributed by atoms with Crippen molar-refractivity contribution in [1.29, 1.82) is 0 Å². The minimum atomic E-state index is -0.941. The summed E-state index contributed by atoms with van der Waals surface area (Å²) < 4.78 is 5.37. The molecular weight excluding hydrogens is 342 g/mol. The molecule has 1 N–H and O–H groups in total. The first kappa shape index (κ1) is 16.9. The number of nitrogens with one attached hydrogen (secondary N) is 1. The molecule has 0 radical (unpaired) electrons. The first-order valence-corrected chi connectivity index (χ1v) is 8.42. The molecule has 25 heavy (non-hydrogen) atoms. The third-order valence-corrected chi connectivity index (χ3v) is 4.14. The molecule has 0 aliphatic carbocycles. The van der Waals surface area contributed by atoms with Gasteiger partial charge in [-0.1, -0.05) is 24.3 Å². The Balaban J connectivity index is 1.76. The summed E-state index contributed by atoms with van der Waals surface area (Å²) in [6, 6.07) is 5.04. The maximum absolute atomic E-state index is 12.5. The second kappa shape index (κ2) is 7.31. The normalized spacial score (nSPS) is 11.9. The smallest absolute Gasteiger partial charge is 0.341 e. The van der Waals surface area contributed by atoms with E-state index in [0.29, 0.717) is 22.6 Å². The lowest BCUT2D eigenvalue weighted by molar-refractivity contribution is -0.124. The highest BCUT2D eigenvalue weighted by Gasteiger charge is 2.24. The molecule has 2 aromatic heterocycles. The van der Waals surface area contributed by atoms with E-state index < -0.39 is 18.0 Å². The Morgan fingerprint density at radius 1 is 1.24 bits per heavy atom. The molecule has 0 saturated heterocycles. The second-order valence-electron chi connectivity index (χ2n) is 5.15. The highest BCUT2D eigenvalue weighted by molar-refractivity contribution is 7.15. The standard InChI is InChI=1S/C16H15N5O3S/c1-3-12(14(22)19-16-21-20-9(2)25-16)24-15(23)10-5-4-6-11-13(10)18-8-7-17-11/h4-8,12H,3H2,1-2H3,(H,19,21,22). The fourth-order valence-electron chi connectivity index (χ4n) is 2.21. The van der Waals surface area contributed by atoms with Crippen molar-refractivity contribution in [3.63, 3.8) is 0 Å². The quantitative estimate of drug-likeness (QED) is 0.698. The average molecular weight is 357 g/mol. The van der Waals surface area contributed by atoms with Gasteiger partial charge in [0.25, 0.3) is 5.91 Å². The minimum Gasteiger partial charge on any atom is -0.449 e. The Morgan fingerprint density at radius 2 is 2.04 bits per heavy atom. The molecule has 1 aromatic carbocycles. The summed E-state index contributed by atoms with van der Waals surface area (Å²) in [5.74, 6) is -1.07. The van der Waals surface area contributed by atoms with Crippen molar-refractivity contribution in [2.24, 2.45) is 0 Å². The fourth-order valence-corrected chi connectivity index (χ4v) is 2.80. The Labute approximate surface area is 147 Å². The number of carbonyl (C=O) groups excluding carboxylic acids is 2. The van der Waals surface area contributed by atoms with Gasteiger partial charge in [-0.2, -0.15) is 0 Å². The van der Waals surface area contributed by atoms with Crippen LogP contribution in [0.1, 0.15) is 28.7 Å². The van der Waals surface area contributed by atoms with Crippen LogP contribution in [-0.2, 0) is 9.53 Å². The van der Waals surface area contributed by atoms with E-state index in [9.17, 15) is 9.59 Å². The van der Waals surface area contributed by atoms with Crippen LogP contribution in [0.2, 0.25) is 0 Å². The zero-order chi connectivity index (χ0) is 17.8. The summed E-state index contributed by atoms with van der Waals surface area (Å²) in [5, 5.41) is 11.4. The Hall–Kier alpha value is -2.94. The number of amides is 1. The van der Waals surface area contributed by atoms with Gasteiger partial charge in [0.1, 0.15) is 10.5 Å². The van der Waals surface area contributed by atoms with E-state index in [4.69, 9.17) is 4.74 Å². The van der Waals surface area contributed by atoms with Crippen LogP contribution in [0.4, 0.5) is 5.13 Å². The molecule has 1 atom stereocenters. The van der Waals surface area contributed by atoms with E-state index >= 15 is 0 Å². The number of benzene rings is 1. The Bertz CT molecular complexity index is 922. The first-order valence-electron chi connectivity index (χ1n) is 7.60. The maximum Gasteiger partial charge on any atom is 0.341 e. The number of nitrogens with zero attached hydrogens (tertiary/aromatic N) is 4. The van der Waals surface area contributed by atoms with E-state index in [1.54, 1.807) is 38.2 Å². The molecule has 0 bridgehead atoms. The molecule has 0 aliphatic heterocycles. The van der Waals surface area contributed by atoms with Gasteiger partial charge in [-0.15, -0.1) is 10.2 Å². The fraction of sp³-hybridized carbons (Fsp3) is 0.250. The van der Waals surface area contributed by atoms with E-state index in [-0.39, 0.29) is 5.56 Å². The summed E-state index contributed by atoms with van der Waals surface area (Å²) in [7, 11) is 0. The van der Waals surface area contributed by atoms with E-state index in [0.717, 1.165) is 5.01 Å². The van der Waals surface area contributed by atoms with Crippen LogP contribution in [0.3, 0.4) is 0 Å². The molecule has 1 unspecified atom stereocenters. The third-order valence-electron chi connectivity index (χ3n) is 3.39. The number of aromatic nitrogens is 4. The summed E-state index contributed by atoms with van der Waals surface area (Å²) in [5.41, 5.74) is 1.28. The molecule has 128 valence electrons. The van der Waals surface area contributed by atoms with Gasteiger partial charge in [-0.05, 0) is 25.5 Å². The molecule has 3 aromatic rings.